The fraction of sp³-hybridized carbons (Fsp3) is 0.500. The molecular formula is C8H12N2O2. The van der Waals surface area contributed by atoms with Crippen molar-refractivity contribution in [2.24, 2.45) is 0 Å². The SMILES string of the molecule is CN(C)c1c(N(C)C)c(=O)c1=O. The van der Waals surface area contributed by atoms with Crippen molar-refractivity contribution in [2.45, 2.75) is 0 Å². The number of anilines is 2. The molecular weight excluding hydrogens is 156 g/mol. The van der Waals surface area contributed by atoms with Crippen LogP contribution in [-0.4, -0.2) is 28.2 Å². The summed E-state index contributed by atoms with van der Waals surface area (Å²) in [5, 5.41) is 0. The van der Waals surface area contributed by atoms with Gasteiger partial charge in [-0.05, 0) is 0 Å². The Kier molecular flexibility index (Phi) is 1.92. The molecule has 0 aliphatic carbocycles. The summed E-state index contributed by atoms with van der Waals surface area (Å²) in [6, 6.07) is 0. The highest BCUT2D eigenvalue weighted by atomic mass is 16.2. The van der Waals surface area contributed by atoms with E-state index in [2.05, 4.69) is 0 Å². The molecule has 4 heteroatoms. The minimum absolute atomic E-state index is 0.385. The average Bonchev–Trinajstić information content (AvgIpc) is 1.96. The molecule has 1 rings (SSSR count). The molecule has 0 saturated carbocycles. The van der Waals surface area contributed by atoms with Crippen LogP contribution in [0.15, 0.2) is 9.59 Å². The second kappa shape index (κ2) is 2.62. The van der Waals surface area contributed by atoms with Gasteiger partial charge in [-0.3, -0.25) is 9.59 Å². The van der Waals surface area contributed by atoms with E-state index in [-0.39, 0.29) is 10.9 Å². The Morgan fingerprint density at radius 3 is 1.17 bits per heavy atom. The summed E-state index contributed by atoms with van der Waals surface area (Å²) in [4.78, 5) is 25.4. The molecule has 0 heterocycles. The maximum atomic E-state index is 11.0. The molecule has 0 fully saturated rings. The van der Waals surface area contributed by atoms with Crippen molar-refractivity contribution in [1.82, 2.24) is 0 Å². The Labute approximate surface area is 70.7 Å². The molecule has 0 bridgehead atoms. The first-order valence-electron chi connectivity index (χ1n) is 3.64. The van der Waals surface area contributed by atoms with Crippen LogP contribution < -0.4 is 20.7 Å². The Morgan fingerprint density at radius 2 is 1.00 bits per heavy atom. The molecule has 0 saturated heterocycles. The van der Waals surface area contributed by atoms with E-state index >= 15 is 0 Å². The predicted molar refractivity (Wildman–Crippen MR) is 50.0 cm³/mol. The van der Waals surface area contributed by atoms with Crippen LogP contribution >= 0.6 is 0 Å². The van der Waals surface area contributed by atoms with Gasteiger partial charge in [-0.15, -0.1) is 0 Å². The first-order valence-corrected chi connectivity index (χ1v) is 3.64. The van der Waals surface area contributed by atoms with Crippen molar-refractivity contribution in [3.8, 4) is 0 Å². The van der Waals surface area contributed by atoms with Crippen molar-refractivity contribution >= 4 is 11.4 Å². The molecule has 0 N–H and O–H groups in total. The van der Waals surface area contributed by atoms with Crippen molar-refractivity contribution in [3.05, 3.63) is 20.4 Å². The maximum Gasteiger partial charge on any atom is 0.253 e. The van der Waals surface area contributed by atoms with Gasteiger partial charge in [0.1, 0.15) is 11.4 Å². The summed E-state index contributed by atoms with van der Waals surface area (Å²) in [5.74, 6) is 0. The highest BCUT2D eigenvalue weighted by Crippen LogP contribution is 2.19. The third kappa shape index (κ3) is 0.995. The molecule has 0 spiro atoms. The third-order valence-electron chi connectivity index (χ3n) is 1.76. The fourth-order valence-electron chi connectivity index (χ4n) is 1.20. The number of rotatable bonds is 2. The van der Waals surface area contributed by atoms with E-state index in [0.29, 0.717) is 11.4 Å². The number of nitrogens with zero attached hydrogens (tertiary/aromatic N) is 2. The monoisotopic (exact) mass is 168 g/mol. The number of hydrogen-bond donors (Lipinski definition) is 0. The first kappa shape index (κ1) is 8.77. The Hall–Kier alpha value is -1.32. The summed E-state index contributed by atoms with van der Waals surface area (Å²) in [7, 11) is 7.01. The zero-order chi connectivity index (χ0) is 9.46. The second-order valence-electron chi connectivity index (χ2n) is 3.14. The predicted octanol–water partition coefficient (Wildman–Crippen LogP) is -0.585. The minimum atomic E-state index is -0.385. The van der Waals surface area contributed by atoms with Crippen LogP contribution in [0.3, 0.4) is 0 Å². The highest BCUT2D eigenvalue weighted by molar-refractivity contribution is 5.75. The van der Waals surface area contributed by atoms with E-state index in [1.54, 1.807) is 38.0 Å². The van der Waals surface area contributed by atoms with Crippen LogP contribution in [0.2, 0.25) is 0 Å². The Morgan fingerprint density at radius 1 is 0.750 bits per heavy atom. The average molecular weight is 168 g/mol. The van der Waals surface area contributed by atoms with Crippen LogP contribution in [0.4, 0.5) is 11.4 Å². The van der Waals surface area contributed by atoms with Crippen molar-refractivity contribution in [3.63, 3.8) is 0 Å². The van der Waals surface area contributed by atoms with Crippen molar-refractivity contribution in [2.75, 3.05) is 38.0 Å². The van der Waals surface area contributed by atoms with Gasteiger partial charge in [0.25, 0.3) is 10.9 Å². The molecule has 1 aromatic rings. The summed E-state index contributed by atoms with van der Waals surface area (Å²) >= 11 is 0. The lowest BCUT2D eigenvalue weighted by molar-refractivity contribution is 1.03. The summed E-state index contributed by atoms with van der Waals surface area (Å²) in [5.41, 5.74) is 0.238. The summed E-state index contributed by atoms with van der Waals surface area (Å²) in [6.45, 7) is 0. The standard InChI is InChI=1S/C8H12N2O2/c1-9(2)5-6(10(3)4)8(12)7(5)11/h1-4H3. The second-order valence-corrected chi connectivity index (χ2v) is 3.14. The molecule has 1 aromatic carbocycles. The summed E-state index contributed by atoms with van der Waals surface area (Å²) in [6.07, 6.45) is 0. The van der Waals surface area contributed by atoms with Gasteiger partial charge in [0.2, 0.25) is 0 Å². The third-order valence-corrected chi connectivity index (χ3v) is 1.76. The zero-order valence-corrected chi connectivity index (χ0v) is 7.71. The smallest absolute Gasteiger partial charge is 0.253 e. The van der Waals surface area contributed by atoms with Crippen LogP contribution in [0.25, 0.3) is 0 Å². The fourth-order valence-corrected chi connectivity index (χ4v) is 1.20. The largest absolute Gasteiger partial charge is 0.373 e. The summed E-state index contributed by atoms with van der Waals surface area (Å²) < 4.78 is 0. The molecule has 0 unspecified atom stereocenters. The Bertz CT molecular complexity index is 323. The van der Waals surface area contributed by atoms with Gasteiger partial charge in [0, 0.05) is 28.2 Å². The molecule has 66 valence electrons. The quantitative estimate of drug-likeness (QED) is 0.554. The van der Waals surface area contributed by atoms with Crippen LogP contribution in [-0.2, 0) is 0 Å². The van der Waals surface area contributed by atoms with E-state index in [4.69, 9.17) is 0 Å². The van der Waals surface area contributed by atoms with E-state index in [1.807, 2.05) is 0 Å². The van der Waals surface area contributed by atoms with E-state index in [9.17, 15) is 9.59 Å². The lowest BCUT2D eigenvalue weighted by Gasteiger charge is -2.22. The van der Waals surface area contributed by atoms with Crippen molar-refractivity contribution < 1.29 is 0 Å². The lowest BCUT2D eigenvalue weighted by atomic mass is 10.1. The lowest BCUT2D eigenvalue weighted by Crippen LogP contribution is -2.42. The topological polar surface area (TPSA) is 40.6 Å². The van der Waals surface area contributed by atoms with E-state index in [1.165, 1.54) is 0 Å². The number of hydrogen-bond acceptors (Lipinski definition) is 4. The molecule has 12 heavy (non-hydrogen) atoms. The van der Waals surface area contributed by atoms with Gasteiger partial charge >= 0.3 is 0 Å². The van der Waals surface area contributed by atoms with Gasteiger partial charge in [-0.2, -0.15) is 0 Å². The van der Waals surface area contributed by atoms with Crippen LogP contribution in [0, 0.1) is 0 Å². The van der Waals surface area contributed by atoms with Gasteiger partial charge in [-0.1, -0.05) is 0 Å². The van der Waals surface area contributed by atoms with Crippen LogP contribution in [0.1, 0.15) is 0 Å². The minimum Gasteiger partial charge on any atom is -0.373 e. The first-order chi connectivity index (χ1) is 5.46. The zero-order valence-electron chi connectivity index (χ0n) is 7.71. The van der Waals surface area contributed by atoms with Gasteiger partial charge in [0.15, 0.2) is 0 Å². The van der Waals surface area contributed by atoms with Gasteiger partial charge in [0.05, 0.1) is 0 Å². The maximum absolute atomic E-state index is 11.0. The molecule has 0 radical (unpaired) electrons. The van der Waals surface area contributed by atoms with Crippen LogP contribution in [0.5, 0.6) is 0 Å². The van der Waals surface area contributed by atoms with E-state index in [0.717, 1.165) is 0 Å². The van der Waals surface area contributed by atoms with Gasteiger partial charge in [-0.25, -0.2) is 0 Å². The molecule has 0 aliphatic heterocycles. The molecule has 0 atom stereocenters. The normalized spacial score (nSPS) is 10.3. The highest BCUT2D eigenvalue weighted by Gasteiger charge is 2.23. The molecule has 0 amide bonds. The molecule has 4 nitrogen and oxygen atoms in total. The molecule has 0 aliphatic rings. The van der Waals surface area contributed by atoms with Gasteiger partial charge < -0.3 is 9.80 Å². The Balaban J connectivity index is 3.23. The molecule has 0 aromatic heterocycles. The van der Waals surface area contributed by atoms with Crippen molar-refractivity contribution in [1.29, 1.82) is 0 Å². The van der Waals surface area contributed by atoms with E-state index < -0.39 is 0 Å².